The molecule has 3 amide bonds. The second-order valence-electron chi connectivity index (χ2n) is 6.52. The number of ether oxygens (including phenoxy) is 1. The van der Waals surface area contributed by atoms with Crippen LogP contribution >= 0.6 is 0 Å². The number of amides is 3. The molecule has 1 atom stereocenters. The number of nitrogens with zero attached hydrogens (tertiary/aromatic N) is 2. The molecule has 1 heterocycles. The number of esters is 1. The summed E-state index contributed by atoms with van der Waals surface area (Å²) in [4.78, 5) is 50.6. The average Bonchev–Trinajstić information content (AvgIpc) is 2.66. The maximum Gasteiger partial charge on any atom is 0.307 e. The molecule has 0 unspecified atom stereocenters. The highest BCUT2D eigenvalue weighted by Crippen LogP contribution is 2.11. The van der Waals surface area contributed by atoms with Crippen LogP contribution in [0.4, 0.5) is 10.1 Å². The Bertz CT molecular complexity index is 747. The van der Waals surface area contributed by atoms with Crippen LogP contribution in [-0.4, -0.2) is 65.8 Å². The third-order valence-corrected chi connectivity index (χ3v) is 4.39. The third kappa shape index (κ3) is 6.33. The maximum absolute atomic E-state index is 13.1. The molecule has 0 aromatic heterocycles. The largest absolute Gasteiger partial charge is 0.453 e. The van der Waals surface area contributed by atoms with Crippen LogP contribution in [0.25, 0.3) is 0 Å². The van der Waals surface area contributed by atoms with E-state index in [0.29, 0.717) is 26.2 Å². The van der Waals surface area contributed by atoms with Gasteiger partial charge in [-0.3, -0.25) is 19.2 Å². The number of carbonyl (C=O) groups excluding carboxylic acids is 4. The van der Waals surface area contributed by atoms with Crippen molar-refractivity contribution in [2.24, 2.45) is 0 Å². The summed E-state index contributed by atoms with van der Waals surface area (Å²) in [5, 5.41) is 2.45. The topological polar surface area (TPSA) is 96.0 Å². The molecular weight excluding hydrogens is 369 g/mol. The van der Waals surface area contributed by atoms with Crippen LogP contribution in [0.3, 0.4) is 0 Å². The van der Waals surface area contributed by atoms with Gasteiger partial charge in [-0.2, -0.15) is 0 Å². The second kappa shape index (κ2) is 9.82. The Balaban J connectivity index is 1.72. The molecule has 28 heavy (non-hydrogen) atoms. The van der Waals surface area contributed by atoms with E-state index in [0.717, 1.165) is 6.07 Å². The molecule has 9 heteroatoms. The van der Waals surface area contributed by atoms with Crippen molar-refractivity contribution in [3.05, 3.63) is 30.1 Å². The molecule has 0 radical (unpaired) electrons. The molecule has 0 saturated carbocycles. The van der Waals surface area contributed by atoms with Crippen molar-refractivity contribution in [2.75, 3.05) is 31.5 Å². The van der Waals surface area contributed by atoms with Crippen LogP contribution in [0, 0.1) is 5.82 Å². The SMILES string of the molecule is CC(=O)N1CCN(C(=O)CCC(=O)O[C@H](C)C(=O)Nc2cccc(F)c2)CC1. The number of hydrogen-bond acceptors (Lipinski definition) is 5. The molecule has 1 aliphatic heterocycles. The van der Waals surface area contributed by atoms with Gasteiger partial charge in [0.25, 0.3) is 5.91 Å². The van der Waals surface area contributed by atoms with Crippen LogP contribution in [0.15, 0.2) is 24.3 Å². The number of anilines is 1. The molecule has 1 N–H and O–H groups in total. The summed E-state index contributed by atoms with van der Waals surface area (Å²) in [6.07, 6.45) is -1.26. The van der Waals surface area contributed by atoms with Gasteiger partial charge < -0.3 is 19.9 Å². The Morgan fingerprint density at radius 3 is 2.36 bits per heavy atom. The molecule has 1 saturated heterocycles. The number of piperazine rings is 1. The minimum absolute atomic E-state index is 0.0267. The van der Waals surface area contributed by atoms with Crippen molar-refractivity contribution >= 4 is 29.4 Å². The quantitative estimate of drug-likeness (QED) is 0.732. The van der Waals surface area contributed by atoms with E-state index in [1.54, 1.807) is 9.80 Å². The lowest BCUT2D eigenvalue weighted by molar-refractivity contribution is -0.154. The van der Waals surface area contributed by atoms with Crippen molar-refractivity contribution in [1.29, 1.82) is 0 Å². The molecule has 2 rings (SSSR count). The fraction of sp³-hybridized carbons (Fsp3) is 0.474. The van der Waals surface area contributed by atoms with Gasteiger partial charge in [0.05, 0.1) is 6.42 Å². The number of hydrogen-bond donors (Lipinski definition) is 1. The minimum Gasteiger partial charge on any atom is -0.453 e. The standard InChI is InChI=1S/C19H24FN3O5/c1-13(19(27)21-16-5-3-4-15(20)12-16)28-18(26)7-6-17(25)23-10-8-22(9-11-23)14(2)24/h3-5,12-13H,6-11H2,1-2H3,(H,21,27)/t13-/m1/s1. The zero-order chi connectivity index (χ0) is 20.7. The summed E-state index contributed by atoms with van der Waals surface area (Å²) in [5.74, 6) is -1.98. The first kappa shape index (κ1) is 21.3. The Kier molecular flexibility index (Phi) is 7.48. The van der Waals surface area contributed by atoms with Crippen LogP contribution in [0.5, 0.6) is 0 Å². The van der Waals surface area contributed by atoms with E-state index in [-0.39, 0.29) is 30.3 Å². The summed E-state index contributed by atoms with van der Waals surface area (Å²) in [6, 6.07) is 5.36. The Morgan fingerprint density at radius 1 is 1.11 bits per heavy atom. The van der Waals surface area contributed by atoms with Crippen molar-refractivity contribution < 1.29 is 28.3 Å². The summed E-state index contributed by atoms with van der Waals surface area (Å²) in [5.41, 5.74) is 0.257. The predicted octanol–water partition coefficient (Wildman–Crippen LogP) is 1.17. The van der Waals surface area contributed by atoms with Crippen LogP contribution in [-0.2, 0) is 23.9 Å². The molecule has 0 spiro atoms. The predicted molar refractivity (Wildman–Crippen MR) is 98.7 cm³/mol. The zero-order valence-corrected chi connectivity index (χ0v) is 15.9. The molecule has 0 bridgehead atoms. The van der Waals surface area contributed by atoms with E-state index in [1.807, 2.05) is 0 Å². The van der Waals surface area contributed by atoms with Crippen molar-refractivity contribution in [3.8, 4) is 0 Å². The number of halogens is 1. The lowest BCUT2D eigenvalue weighted by atomic mass is 10.2. The fourth-order valence-corrected chi connectivity index (χ4v) is 2.76. The molecule has 1 fully saturated rings. The van der Waals surface area contributed by atoms with E-state index >= 15 is 0 Å². The van der Waals surface area contributed by atoms with Gasteiger partial charge in [0.15, 0.2) is 6.10 Å². The second-order valence-corrected chi connectivity index (χ2v) is 6.52. The first-order valence-corrected chi connectivity index (χ1v) is 9.05. The number of rotatable bonds is 6. The van der Waals surface area contributed by atoms with Gasteiger partial charge in [0.1, 0.15) is 5.82 Å². The highest BCUT2D eigenvalue weighted by Gasteiger charge is 2.24. The van der Waals surface area contributed by atoms with Gasteiger partial charge in [-0.05, 0) is 25.1 Å². The molecule has 1 aliphatic rings. The summed E-state index contributed by atoms with van der Waals surface area (Å²) >= 11 is 0. The van der Waals surface area contributed by atoms with Crippen LogP contribution in [0.1, 0.15) is 26.7 Å². The molecule has 8 nitrogen and oxygen atoms in total. The van der Waals surface area contributed by atoms with E-state index in [9.17, 15) is 23.6 Å². The van der Waals surface area contributed by atoms with Gasteiger partial charge in [0, 0.05) is 45.2 Å². The van der Waals surface area contributed by atoms with E-state index in [2.05, 4.69) is 5.32 Å². The highest BCUT2D eigenvalue weighted by molar-refractivity contribution is 5.95. The van der Waals surface area contributed by atoms with Crippen molar-refractivity contribution in [2.45, 2.75) is 32.8 Å². The third-order valence-electron chi connectivity index (χ3n) is 4.39. The smallest absolute Gasteiger partial charge is 0.307 e. The summed E-state index contributed by atoms with van der Waals surface area (Å²) in [6.45, 7) is 4.69. The van der Waals surface area contributed by atoms with E-state index in [4.69, 9.17) is 4.74 Å². The first-order valence-electron chi connectivity index (χ1n) is 9.05. The number of benzene rings is 1. The Hall–Kier alpha value is -2.97. The highest BCUT2D eigenvalue weighted by atomic mass is 19.1. The summed E-state index contributed by atoms with van der Waals surface area (Å²) < 4.78 is 18.2. The van der Waals surface area contributed by atoms with Gasteiger partial charge in [-0.15, -0.1) is 0 Å². The van der Waals surface area contributed by atoms with E-state index < -0.39 is 23.8 Å². The number of nitrogens with one attached hydrogen (secondary N) is 1. The fourth-order valence-electron chi connectivity index (χ4n) is 2.76. The zero-order valence-electron chi connectivity index (χ0n) is 15.9. The molecular formula is C19H24FN3O5. The van der Waals surface area contributed by atoms with E-state index in [1.165, 1.54) is 32.0 Å². The molecule has 1 aromatic rings. The average molecular weight is 393 g/mol. The minimum atomic E-state index is -1.08. The monoisotopic (exact) mass is 393 g/mol. The van der Waals surface area contributed by atoms with Gasteiger partial charge in [-0.1, -0.05) is 6.07 Å². The normalized spacial score (nSPS) is 15.0. The molecule has 0 aliphatic carbocycles. The Labute approximate surface area is 162 Å². The first-order chi connectivity index (χ1) is 13.3. The van der Waals surface area contributed by atoms with Crippen LogP contribution < -0.4 is 5.32 Å². The maximum atomic E-state index is 13.1. The van der Waals surface area contributed by atoms with Gasteiger partial charge in [-0.25, -0.2) is 4.39 Å². The lowest BCUT2D eigenvalue weighted by Crippen LogP contribution is -2.50. The Morgan fingerprint density at radius 2 is 1.75 bits per heavy atom. The van der Waals surface area contributed by atoms with Crippen molar-refractivity contribution in [1.82, 2.24) is 9.80 Å². The van der Waals surface area contributed by atoms with Gasteiger partial charge >= 0.3 is 5.97 Å². The molecule has 152 valence electrons. The van der Waals surface area contributed by atoms with Gasteiger partial charge in [0.2, 0.25) is 11.8 Å². The lowest BCUT2D eigenvalue weighted by Gasteiger charge is -2.34. The summed E-state index contributed by atoms with van der Waals surface area (Å²) in [7, 11) is 0. The van der Waals surface area contributed by atoms with Crippen molar-refractivity contribution in [3.63, 3.8) is 0 Å². The van der Waals surface area contributed by atoms with Crippen LogP contribution in [0.2, 0.25) is 0 Å². The molecule has 1 aromatic carbocycles. The number of carbonyl (C=O) groups is 4.